The van der Waals surface area contributed by atoms with Gasteiger partial charge in [0.15, 0.2) is 0 Å². The van der Waals surface area contributed by atoms with E-state index < -0.39 is 0 Å². The number of rotatable bonds is 6. The normalized spacial score (nSPS) is 24.9. The van der Waals surface area contributed by atoms with Crippen LogP contribution in [0.3, 0.4) is 0 Å². The van der Waals surface area contributed by atoms with E-state index in [0.717, 1.165) is 13.2 Å². The van der Waals surface area contributed by atoms with E-state index in [0.29, 0.717) is 10.9 Å². The lowest BCUT2D eigenvalue weighted by atomic mass is 10.1. The molecular weight excluding hydrogens is 232 g/mol. The zero-order valence-corrected chi connectivity index (χ0v) is 9.88. The Balaban J connectivity index is 1.93. The molecule has 0 N–H and O–H groups in total. The second-order valence-corrected chi connectivity index (χ2v) is 4.91. The van der Waals surface area contributed by atoms with E-state index in [1.165, 1.54) is 32.1 Å². The van der Waals surface area contributed by atoms with Gasteiger partial charge in [0.05, 0.1) is 12.7 Å². The molecule has 0 bridgehead atoms. The van der Waals surface area contributed by atoms with E-state index in [4.69, 9.17) is 9.47 Å². The van der Waals surface area contributed by atoms with Crippen LogP contribution < -0.4 is 0 Å². The summed E-state index contributed by atoms with van der Waals surface area (Å²) in [5, 5.41) is 0. The number of ether oxygens (including phenoxy) is 2. The van der Waals surface area contributed by atoms with Crippen molar-refractivity contribution in [3.63, 3.8) is 0 Å². The van der Waals surface area contributed by atoms with Gasteiger partial charge in [-0.25, -0.2) is 0 Å². The Kier molecular flexibility index (Phi) is 6.00. The SMILES string of the molecule is COCC(Br)CCCC1CCCO1. The first-order valence-electron chi connectivity index (χ1n) is 5.07. The Morgan fingerprint density at radius 3 is 3.08 bits per heavy atom. The molecule has 0 aromatic carbocycles. The van der Waals surface area contributed by atoms with Crippen molar-refractivity contribution < 1.29 is 9.47 Å². The van der Waals surface area contributed by atoms with Gasteiger partial charge in [0.1, 0.15) is 0 Å². The second kappa shape index (κ2) is 6.80. The van der Waals surface area contributed by atoms with Crippen LogP contribution in [0.25, 0.3) is 0 Å². The molecule has 0 saturated carbocycles. The predicted octanol–water partition coefficient (Wildman–Crippen LogP) is 2.75. The topological polar surface area (TPSA) is 18.5 Å². The molecule has 2 nitrogen and oxygen atoms in total. The van der Waals surface area contributed by atoms with Crippen molar-refractivity contribution in [3.05, 3.63) is 0 Å². The Bertz CT molecular complexity index is 124. The van der Waals surface area contributed by atoms with Crippen LogP contribution >= 0.6 is 15.9 Å². The van der Waals surface area contributed by atoms with E-state index in [1.54, 1.807) is 7.11 Å². The third kappa shape index (κ3) is 4.99. The van der Waals surface area contributed by atoms with Gasteiger partial charge in [0.2, 0.25) is 0 Å². The number of hydrogen-bond acceptors (Lipinski definition) is 2. The molecule has 0 amide bonds. The molecule has 1 heterocycles. The molecule has 1 saturated heterocycles. The highest BCUT2D eigenvalue weighted by Gasteiger charge is 2.15. The first kappa shape index (κ1) is 11.5. The predicted molar refractivity (Wildman–Crippen MR) is 57.4 cm³/mol. The summed E-state index contributed by atoms with van der Waals surface area (Å²) in [5.41, 5.74) is 0. The monoisotopic (exact) mass is 250 g/mol. The molecule has 0 aromatic rings. The average Bonchev–Trinajstić information content (AvgIpc) is 2.57. The summed E-state index contributed by atoms with van der Waals surface area (Å²) in [7, 11) is 1.74. The van der Waals surface area contributed by atoms with Crippen molar-refractivity contribution in [2.75, 3.05) is 20.3 Å². The Morgan fingerprint density at radius 1 is 1.62 bits per heavy atom. The molecule has 13 heavy (non-hydrogen) atoms. The van der Waals surface area contributed by atoms with Crippen LogP contribution in [0.4, 0.5) is 0 Å². The minimum absolute atomic E-state index is 0.513. The first-order valence-corrected chi connectivity index (χ1v) is 5.99. The van der Waals surface area contributed by atoms with Crippen molar-refractivity contribution in [2.24, 2.45) is 0 Å². The average molecular weight is 251 g/mol. The second-order valence-electron chi connectivity index (χ2n) is 3.62. The molecule has 2 unspecified atom stereocenters. The third-order valence-electron chi connectivity index (χ3n) is 2.41. The summed E-state index contributed by atoms with van der Waals surface area (Å²) in [6.45, 7) is 1.78. The Morgan fingerprint density at radius 2 is 2.46 bits per heavy atom. The zero-order valence-electron chi connectivity index (χ0n) is 8.30. The van der Waals surface area contributed by atoms with Gasteiger partial charge in [0, 0.05) is 18.5 Å². The van der Waals surface area contributed by atoms with Crippen molar-refractivity contribution in [2.45, 2.75) is 43.0 Å². The molecule has 1 fully saturated rings. The van der Waals surface area contributed by atoms with Crippen molar-refractivity contribution >= 4 is 15.9 Å². The molecule has 1 aliphatic heterocycles. The standard InChI is InChI=1S/C10H19BrO2/c1-12-8-9(11)4-2-5-10-6-3-7-13-10/h9-10H,2-8H2,1H3. The minimum Gasteiger partial charge on any atom is -0.384 e. The minimum atomic E-state index is 0.513. The van der Waals surface area contributed by atoms with Crippen LogP contribution in [0.15, 0.2) is 0 Å². The quantitative estimate of drug-likeness (QED) is 0.676. The number of alkyl halides is 1. The van der Waals surface area contributed by atoms with E-state index >= 15 is 0 Å². The molecule has 0 aliphatic carbocycles. The lowest BCUT2D eigenvalue weighted by Gasteiger charge is -2.11. The number of methoxy groups -OCH3 is 1. The highest BCUT2D eigenvalue weighted by atomic mass is 79.9. The summed E-state index contributed by atoms with van der Waals surface area (Å²) in [5.74, 6) is 0. The zero-order chi connectivity index (χ0) is 9.52. The van der Waals surface area contributed by atoms with E-state index in [9.17, 15) is 0 Å². The van der Waals surface area contributed by atoms with Gasteiger partial charge in [-0.3, -0.25) is 0 Å². The van der Waals surface area contributed by atoms with E-state index in [-0.39, 0.29) is 0 Å². The molecule has 0 aromatic heterocycles. The first-order chi connectivity index (χ1) is 6.33. The van der Waals surface area contributed by atoms with Gasteiger partial charge in [-0.1, -0.05) is 15.9 Å². The largest absolute Gasteiger partial charge is 0.384 e. The van der Waals surface area contributed by atoms with Gasteiger partial charge in [-0.2, -0.15) is 0 Å². The number of halogens is 1. The fourth-order valence-electron chi connectivity index (χ4n) is 1.70. The fourth-order valence-corrected chi connectivity index (χ4v) is 2.29. The van der Waals surface area contributed by atoms with E-state index in [1.807, 2.05) is 0 Å². The fraction of sp³-hybridized carbons (Fsp3) is 1.00. The van der Waals surface area contributed by atoms with Crippen LogP contribution in [-0.2, 0) is 9.47 Å². The van der Waals surface area contributed by atoms with Crippen LogP contribution in [0.5, 0.6) is 0 Å². The summed E-state index contributed by atoms with van der Waals surface area (Å²) >= 11 is 3.58. The highest BCUT2D eigenvalue weighted by molar-refractivity contribution is 9.09. The molecule has 2 atom stereocenters. The summed E-state index contributed by atoms with van der Waals surface area (Å²) in [6.07, 6.45) is 6.70. The lowest BCUT2D eigenvalue weighted by molar-refractivity contribution is 0.101. The maximum Gasteiger partial charge on any atom is 0.0587 e. The van der Waals surface area contributed by atoms with Gasteiger partial charge >= 0.3 is 0 Å². The smallest absolute Gasteiger partial charge is 0.0587 e. The maximum absolute atomic E-state index is 5.55. The molecule has 1 rings (SSSR count). The molecule has 0 radical (unpaired) electrons. The van der Waals surface area contributed by atoms with Crippen molar-refractivity contribution in [3.8, 4) is 0 Å². The highest BCUT2D eigenvalue weighted by Crippen LogP contribution is 2.19. The summed E-state index contributed by atoms with van der Waals surface area (Å²) in [6, 6.07) is 0. The maximum atomic E-state index is 5.55. The van der Waals surface area contributed by atoms with Gasteiger partial charge in [0.25, 0.3) is 0 Å². The van der Waals surface area contributed by atoms with Gasteiger partial charge < -0.3 is 9.47 Å². The summed E-state index contributed by atoms with van der Waals surface area (Å²) in [4.78, 5) is 0.513. The Labute approximate surface area is 89.1 Å². The van der Waals surface area contributed by atoms with Crippen LogP contribution in [0, 0.1) is 0 Å². The third-order valence-corrected chi connectivity index (χ3v) is 3.14. The van der Waals surface area contributed by atoms with E-state index in [2.05, 4.69) is 15.9 Å². The number of hydrogen-bond donors (Lipinski definition) is 0. The van der Waals surface area contributed by atoms with Crippen LogP contribution in [0.1, 0.15) is 32.1 Å². The lowest BCUT2D eigenvalue weighted by Crippen LogP contribution is -2.09. The van der Waals surface area contributed by atoms with Gasteiger partial charge in [-0.05, 0) is 32.1 Å². The molecule has 0 spiro atoms. The van der Waals surface area contributed by atoms with Crippen LogP contribution in [-0.4, -0.2) is 31.3 Å². The van der Waals surface area contributed by atoms with Gasteiger partial charge in [-0.15, -0.1) is 0 Å². The molecule has 78 valence electrons. The van der Waals surface area contributed by atoms with Crippen LogP contribution in [0.2, 0.25) is 0 Å². The molecule has 1 aliphatic rings. The molecule has 3 heteroatoms. The van der Waals surface area contributed by atoms with Crippen molar-refractivity contribution in [1.82, 2.24) is 0 Å². The Hall–Kier alpha value is 0.400. The van der Waals surface area contributed by atoms with Crippen molar-refractivity contribution in [1.29, 1.82) is 0 Å². The molecular formula is C10H19BrO2. The summed E-state index contributed by atoms with van der Waals surface area (Å²) < 4.78 is 10.6.